The molecule has 0 radical (unpaired) electrons. The van der Waals surface area contributed by atoms with E-state index in [1.165, 1.54) is 6.92 Å². The van der Waals surface area contributed by atoms with Gasteiger partial charge in [0.25, 0.3) is 0 Å². The fraction of sp³-hybridized carbons (Fsp3) is 0.571. The molecule has 2 heteroatoms. The lowest BCUT2D eigenvalue weighted by Crippen LogP contribution is -1.93. The second-order valence-corrected chi connectivity index (χ2v) is 2.35. The standard InChI is InChI=1S/C7H10O2/c1-5(8)6-2-3-7(9)4-6/h4,7,9H,2-3H2,1H3. The summed E-state index contributed by atoms with van der Waals surface area (Å²) in [6.45, 7) is 1.53. The minimum atomic E-state index is -0.371. The fourth-order valence-corrected chi connectivity index (χ4v) is 0.996. The highest BCUT2D eigenvalue weighted by Gasteiger charge is 2.14. The number of aliphatic hydroxyl groups excluding tert-OH is 1. The van der Waals surface area contributed by atoms with Crippen molar-refractivity contribution in [1.29, 1.82) is 0 Å². The van der Waals surface area contributed by atoms with Crippen LogP contribution in [0, 0.1) is 0 Å². The summed E-state index contributed by atoms with van der Waals surface area (Å²) in [5.41, 5.74) is 0.780. The molecule has 0 saturated carbocycles. The summed E-state index contributed by atoms with van der Waals surface area (Å²) in [5, 5.41) is 8.92. The van der Waals surface area contributed by atoms with Crippen LogP contribution < -0.4 is 0 Å². The fourth-order valence-electron chi connectivity index (χ4n) is 0.996. The van der Waals surface area contributed by atoms with Gasteiger partial charge < -0.3 is 5.11 Å². The summed E-state index contributed by atoms with van der Waals surface area (Å²) in [7, 11) is 0. The van der Waals surface area contributed by atoms with Gasteiger partial charge in [-0.3, -0.25) is 4.79 Å². The van der Waals surface area contributed by atoms with E-state index in [4.69, 9.17) is 5.11 Å². The number of hydrogen-bond donors (Lipinski definition) is 1. The van der Waals surface area contributed by atoms with Gasteiger partial charge in [-0.05, 0) is 31.4 Å². The molecule has 0 fully saturated rings. The van der Waals surface area contributed by atoms with Gasteiger partial charge in [0, 0.05) is 0 Å². The number of aliphatic hydroxyl groups is 1. The van der Waals surface area contributed by atoms with E-state index in [-0.39, 0.29) is 11.9 Å². The second-order valence-electron chi connectivity index (χ2n) is 2.35. The second kappa shape index (κ2) is 2.31. The maximum Gasteiger partial charge on any atom is 0.155 e. The van der Waals surface area contributed by atoms with Crippen LogP contribution in [0.25, 0.3) is 0 Å². The van der Waals surface area contributed by atoms with E-state index >= 15 is 0 Å². The van der Waals surface area contributed by atoms with E-state index in [0.29, 0.717) is 0 Å². The summed E-state index contributed by atoms with van der Waals surface area (Å²) in [6.07, 6.45) is 2.73. The molecule has 9 heavy (non-hydrogen) atoms. The van der Waals surface area contributed by atoms with Crippen molar-refractivity contribution in [2.24, 2.45) is 0 Å². The van der Waals surface area contributed by atoms with Gasteiger partial charge in [0.1, 0.15) is 0 Å². The molecule has 50 valence electrons. The lowest BCUT2D eigenvalue weighted by atomic mass is 10.2. The van der Waals surface area contributed by atoms with Crippen LogP contribution in [0.5, 0.6) is 0 Å². The van der Waals surface area contributed by atoms with E-state index in [1.807, 2.05) is 0 Å². The van der Waals surface area contributed by atoms with Crippen molar-refractivity contribution in [3.05, 3.63) is 11.6 Å². The van der Waals surface area contributed by atoms with Crippen LogP contribution in [0.1, 0.15) is 19.8 Å². The highest BCUT2D eigenvalue weighted by atomic mass is 16.3. The normalized spacial score (nSPS) is 26.0. The van der Waals surface area contributed by atoms with Crippen LogP contribution in [0.15, 0.2) is 11.6 Å². The molecule has 1 aliphatic carbocycles. The third-order valence-electron chi connectivity index (χ3n) is 1.56. The van der Waals surface area contributed by atoms with Crippen LogP contribution in [-0.2, 0) is 4.79 Å². The smallest absolute Gasteiger partial charge is 0.155 e. The van der Waals surface area contributed by atoms with Gasteiger partial charge in [-0.2, -0.15) is 0 Å². The Morgan fingerprint density at radius 2 is 2.56 bits per heavy atom. The van der Waals surface area contributed by atoms with Crippen molar-refractivity contribution in [2.75, 3.05) is 0 Å². The molecule has 0 aromatic rings. The molecule has 0 aromatic heterocycles. The topological polar surface area (TPSA) is 37.3 Å². The van der Waals surface area contributed by atoms with Crippen LogP contribution in [-0.4, -0.2) is 17.0 Å². The number of carbonyl (C=O) groups excluding carboxylic acids is 1. The van der Waals surface area contributed by atoms with Gasteiger partial charge in [0.2, 0.25) is 0 Å². The summed E-state index contributed by atoms with van der Waals surface area (Å²) in [5.74, 6) is 0.0894. The lowest BCUT2D eigenvalue weighted by Gasteiger charge is -1.89. The Morgan fingerprint density at radius 3 is 2.78 bits per heavy atom. The molecule has 1 rings (SSSR count). The first-order valence-corrected chi connectivity index (χ1v) is 3.10. The molecule has 1 unspecified atom stereocenters. The molecule has 1 aliphatic rings. The van der Waals surface area contributed by atoms with Crippen LogP contribution in [0.4, 0.5) is 0 Å². The minimum Gasteiger partial charge on any atom is -0.389 e. The Labute approximate surface area is 54.2 Å². The molecule has 1 atom stereocenters. The van der Waals surface area contributed by atoms with Gasteiger partial charge >= 0.3 is 0 Å². The molecule has 0 saturated heterocycles. The van der Waals surface area contributed by atoms with Crippen molar-refractivity contribution in [3.8, 4) is 0 Å². The van der Waals surface area contributed by atoms with E-state index < -0.39 is 0 Å². The average Bonchev–Trinajstić information content (AvgIpc) is 2.14. The number of hydrogen-bond acceptors (Lipinski definition) is 2. The minimum absolute atomic E-state index is 0.0894. The lowest BCUT2D eigenvalue weighted by molar-refractivity contribution is -0.113. The van der Waals surface area contributed by atoms with Crippen molar-refractivity contribution >= 4 is 5.78 Å². The van der Waals surface area contributed by atoms with Crippen molar-refractivity contribution in [3.63, 3.8) is 0 Å². The predicted molar refractivity (Wildman–Crippen MR) is 34.0 cm³/mol. The first-order chi connectivity index (χ1) is 4.20. The average molecular weight is 126 g/mol. The Bertz CT molecular complexity index is 158. The van der Waals surface area contributed by atoms with Gasteiger partial charge in [-0.25, -0.2) is 0 Å². The number of allylic oxidation sites excluding steroid dienone is 1. The predicted octanol–water partition coefficient (Wildman–Crippen LogP) is 0.656. The summed E-state index contributed by atoms with van der Waals surface area (Å²) in [6, 6.07) is 0. The molecule has 2 nitrogen and oxygen atoms in total. The number of carbonyl (C=O) groups is 1. The Morgan fingerprint density at radius 1 is 1.89 bits per heavy atom. The Balaban J connectivity index is 2.62. The maximum absolute atomic E-state index is 10.6. The third-order valence-corrected chi connectivity index (χ3v) is 1.56. The van der Waals surface area contributed by atoms with Crippen molar-refractivity contribution < 1.29 is 9.90 Å². The van der Waals surface area contributed by atoms with Gasteiger partial charge in [-0.1, -0.05) is 0 Å². The Kier molecular flexibility index (Phi) is 1.67. The first kappa shape index (κ1) is 6.49. The highest BCUT2D eigenvalue weighted by Crippen LogP contribution is 2.18. The summed E-state index contributed by atoms with van der Waals surface area (Å²) >= 11 is 0. The number of ketones is 1. The zero-order valence-electron chi connectivity index (χ0n) is 5.42. The van der Waals surface area contributed by atoms with E-state index in [2.05, 4.69) is 0 Å². The zero-order valence-corrected chi connectivity index (χ0v) is 5.42. The Hall–Kier alpha value is -0.630. The molecule has 0 amide bonds. The number of rotatable bonds is 1. The van der Waals surface area contributed by atoms with Crippen molar-refractivity contribution in [2.45, 2.75) is 25.9 Å². The molecule has 0 bridgehead atoms. The molecule has 0 aliphatic heterocycles. The highest BCUT2D eigenvalue weighted by molar-refractivity contribution is 5.93. The van der Waals surface area contributed by atoms with Crippen LogP contribution in [0.3, 0.4) is 0 Å². The third kappa shape index (κ3) is 1.39. The SMILES string of the molecule is CC(=O)C1=CC(O)CC1. The monoisotopic (exact) mass is 126 g/mol. The molecular weight excluding hydrogens is 116 g/mol. The van der Waals surface area contributed by atoms with Crippen molar-refractivity contribution in [1.82, 2.24) is 0 Å². The molecule has 0 aromatic carbocycles. The van der Waals surface area contributed by atoms with E-state index in [9.17, 15) is 4.79 Å². The van der Waals surface area contributed by atoms with Crippen LogP contribution in [0.2, 0.25) is 0 Å². The number of Topliss-reactive ketones (excluding diaryl/α,β-unsaturated/α-hetero) is 1. The molecule has 0 spiro atoms. The van der Waals surface area contributed by atoms with E-state index in [0.717, 1.165) is 18.4 Å². The summed E-state index contributed by atoms with van der Waals surface area (Å²) < 4.78 is 0. The summed E-state index contributed by atoms with van der Waals surface area (Å²) in [4.78, 5) is 10.6. The van der Waals surface area contributed by atoms with Gasteiger partial charge in [0.05, 0.1) is 6.10 Å². The van der Waals surface area contributed by atoms with Crippen LogP contribution >= 0.6 is 0 Å². The first-order valence-electron chi connectivity index (χ1n) is 3.10. The van der Waals surface area contributed by atoms with Gasteiger partial charge in [0.15, 0.2) is 5.78 Å². The molecule has 0 heterocycles. The largest absolute Gasteiger partial charge is 0.389 e. The van der Waals surface area contributed by atoms with Gasteiger partial charge in [-0.15, -0.1) is 0 Å². The quantitative estimate of drug-likeness (QED) is 0.560. The maximum atomic E-state index is 10.6. The molecule has 1 N–H and O–H groups in total. The molecular formula is C7H10O2. The zero-order chi connectivity index (χ0) is 6.85. The van der Waals surface area contributed by atoms with E-state index in [1.54, 1.807) is 6.08 Å².